The summed E-state index contributed by atoms with van der Waals surface area (Å²) >= 11 is 0. The SMILES string of the molecule is COc1ccc(/C=C2\Oc3c4c(cc(C)c3C2=O)OCN(C2CCS(=O)(=O)C2)C4)cc1OC. The molecule has 1 saturated heterocycles. The van der Waals surface area contributed by atoms with E-state index in [4.69, 9.17) is 18.9 Å². The van der Waals surface area contributed by atoms with Crippen molar-refractivity contribution >= 4 is 21.7 Å². The van der Waals surface area contributed by atoms with Crippen LogP contribution in [-0.4, -0.2) is 57.6 Å². The van der Waals surface area contributed by atoms with Crippen LogP contribution in [0.1, 0.15) is 33.5 Å². The molecule has 0 aromatic heterocycles. The molecule has 5 rings (SSSR count). The molecule has 9 heteroatoms. The number of Topliss-reactive ketones (excluding diaryl/α,β-unsaturated/α-hetero) is 1. The van der Waals surface area contributed by atoms with Crippen molar-refractivity contribution in [2.75, 3.05) is 32.5 Å². The lowest BCUT2D eigenvalue weighted by molar-refractivity contribution is 0.0633. The van der Waals surface area contributed by atoms with Gasteiger partial charge >= 0.3 is 0 Å². The molecule has 0 aliphatic carbocycles. The molecule has 0 spiro atoms. The molecule has 33 heavy (non-hydrogen) atoms. The zero-order valence-corrected chi connectivity index (χ0v) is 19.5. The summed E-state index contributed by atoms with van der Waals surface area (Å²) in [6, 6.07) is 7.13. The number of hydrogen-bond acceptors (Lipinski definition) is 8. The van der Waals surface area contributed by atoms with Crippen LogP contribution in [0.15, 0.2) is 30.0 Å². The van der Waals surface area contributed by atoms with Crippen molar-refractivity contribution in [3.8, 4) is 23.0 Å². The van der Waals surface area contributed by atoms with Crippen molar-refractivity contribution in [2.45, 2.75) is 25.9 Å². The van der Waals surface area contributed by atoms with E-state index in [1.165, 1.54) is 0 Å². The van der Waals surface area contributed by atoms with E-state index in [1.54, 1.807) is 32.4 Å². The van der Waals surface area contributed by atoms with Crippen molar-refractivity contribution in [3.05, 3.63) is 52.3 Å². The van der Waals surface area contributed by atoms with Crippen LogP contribution in [0.2, 0.25) is 0 Å². The van der Waals surface area contributed by atoms with Crippen molar-refractivity contribution in [3.63, 3.8) is 0 Å². The summed E-state index contributed by atoms with van der Waals surface area (Å²) in [7, 11) is 0.104. The van der Waals surface area contributed by atoms with E-state index in [0.717, 1.165) is 16.7 Å². The smallest absolute Gasteiger partial charge is 0.232 e. The minimum atomic E-state index is -3.01. The Bertz CT molecular complexity index is 1280. The maximum atomic E-state index is 13.2. The number of carbonyl (C=O) groups is 1. The van der Waals surface area contributed by atoms with Crippen LogP contribution in [0.5, 0.6) is 23.0 Å². The topological polar surface area (TPSA) is 91.4 Å². The molecule has 3 aliphatic heterocycles. The van der Waals surface area contributed by atoms with Gasteiger partial charge in [0, 0.05) is 12.6 Å². The molecule has 1 fully saturated rings. The van der Waals surface area contributed by atoms with Crippen LogP contribution >= 0.6 is 0 Å². The van der Waals surface area contributed by atoms with Crippen molar-refractivity contribution < 1.29 is 32.2 Å². The second-order valence-corrected chi connectivity index (χ2v) is 10.7. The first-order valence-electron chi connectivity index (χ1n) is 10.7. The normalized spacial score (nSPS) is 22.5. The molecule has 0 bridgehead atoms. The number of hydrogen-bond donors (Lipinski definition) is 0. The fourth-order valence-corrected chi connectivity index (χ4v) is 6.40. The third kappa shape index (κ3) is 3.85. The number of aryl methyl sites for hydroxylation is 1. The first-order chi connectivity index (χ1) is 15.8. The summed E-state index contributed by atoms with van der Waals surface area (Å²) in [5.74, 6) is 2.66. The molecule has 3 heterocycles. The lowest BCUT2D eigenvalue weighted by Crippen LogP contribution is -2.41. The Morgan fingerprint density at radius 3 is 2.64 bits per heavy atom. The number of allylic oxidation sites excluding steroid dienone is 1. The Labute approximate surface area is 192 Å². The average Bonchev–Trinajstić information content (AvgIpc) is 3.33. The highest BCUT2D eigenvalue weighted by Crippen LogP contribution is 2.44. The average molecular weight is 472 g/mol. The number of fused-ring (bicyclic) bond motifs is 3. The number of sulfone groups is 1. The Hall–Kier alpha value is -3.04. The first-order valence-corrected chi connectivity index (χ1v) is 12.5. The second kappa shape index (κ2) is 8.07. The Morgan fingerprint density at radius 1 is 1.15 bits per heavy atom. The highest BCUT2D eigenvalue weighted by atomic mass is 32.2. The van der Waals surface area contributed by atoms with E-state index >= 15 is 0 Å². The zero-order valence-electron chi connectivity index (χ0n) is 18.7. The molecular weight excluding hydrogens is 446 g/mol. The van der Waals surface area contributed by atoms with Gasteiger partial charge < -0.3 is 18.9 Å². The van der Waals surface area contributed by atoms with Gasteiger partial charge in [-0.15, -0.1) is 0 Å². The summed E-state index contributed by atoms with van der Waals surface area (Å²) in [4.78, 5) is 15.2. The van der Waals surface area contributed by atoms with Gasteiger partial charge in [-0.05, 0) is 48.7 Å². The predicted octanol–water partition coefficient (Wildman–Crippen LogP) is 2.97. The van der Waals surface area contributed by atoms with Crippen molar-refractivity contribution in [1.29, 1.82) is 0 Å². The number of ketones is 1. The molecule has 0 N–H and O–H groups in total. The first kappa shape index (κ1) is 21.8. The predicted molar refractivity (Wildman–Crippen MR) is 122 cm³/mol. The molecule has 2 aromatic carbocycles. The summed E-state index contributed by atoms with van der Waals surface area (Å²) in [5.41, 5.74) is 2.81. The van der Waals surface area contributed by atoms with Gasteiger partial charge in [0.2, 0.25) is 5.78 Å². The van der Waals surface area contributed by atoms with Crippen LogP contribution in [0, 0.1) is 6.92 Å². The van der Waals surface area contributed by atoms with Crippen LogP contribution in [0.3, 0.4) is 0 Å². The molecule has 174 valence electrons. The van der Waals surface area contributed by atoms with E-state index in [-0.39, 0.29) is 29.1 Å². The maximum absolute atomic E-state index is 13.2. The fourth-order valence-electron chi connectivity index (χ4n) is 4.64. The number of ether oxygens (including phenoxy) is 4. The van der Waals surface area contributed by atoms with Crippen molar-refractivity contribution in [2.24, 2.45) is 0 Å². The third-order valence-electron chi connectivity index (χ3n) is 6.38. The van der Waals surface area contributed by atoms with Gasteiger partial charge in [0.1, 0.15) is 18.2 Å². The molecule has 0 saturated carbocycles. The minimum Gasteiger partial charge on any atom is -0.493 e. The molecule has 1 unspecified atom stereocenters. The van der Waals surface area contributed by atoms with Gasteiger partial charge in [-0.25, -0.2) is 8.42 Å². The summed E-state index contributed by atoms with van der Waals surface area (Å²) < 4.78 is 46.6. The standard InChI is InChI=1S/C24H25NO7S/c1-14-8-19-17(11-25(13-31-19)16-6-7-33(27,28)12-16)24-22(14)23(26)21(32-24)10-15-4-5-18(29-2)20(9-15)30-3/h4-5,8-10,16H,6-7,11-13H2,1-3H3/b21-10-. The lowest BCUT2D eigenvalue weighted by Gasteiger charge is -2.33. The highest BCUT2D eigenvalue weighted by Gasteiger charge is 2.39. The molecular formula is C24H25NO7S. The van der Waals surface area contributed by atoms with E-state index in [2.05, 4.69) is 0 Å². The second-order valence-electron chi connectivity index (χ2n) is 8.51. The lowest BCUT2D eigenvalue weighted by atomic mass is 9.98. The largest absolute Gasteiger partial charge is 0.493 e. The molecule has 3 aliphatic rings. The van der Waals surface area contributed by atoms with Gasteiger partial charge in [0.25, 0.3) is 0 Å². The Kier molecular flexibility index (Phi) is 5.33. The Morgan fingerprint density at radius 2 is 1.94 bits per heavy atom. The summed E-state index contributed by atoms with van der Waals surface area (Å²) in [6.45, 7) is 2.64. The molecule has 1 atom stereocenters. The number of carbonyl (C=O) groups excluding carboxylic acids is 1. The van der Waals surface area contributed by atoms with Gasteiger partial charge in [0.05, 0.1) is 36.9 Å². The van der Waals surface area contributed by atoms with Gasteiger partial charge in [-0.1, -0.05) is 6.07 Å². The van der Waals surface area contributed by atoms with E-state index in [0.29, 0.717) is 48.3 Å². The van der Waals surface area contributed by atoms with Crippen LogP contribution in [0.4, 0.5) is 0 Å². The number of methoxy groups -OCH3 is 2. The van der Waals surface area contributed by atoms with Gasteiger partial charge in [0.15, 0.2) is 27.1 Å². The van der Waals surface area contributed by atoms with E-state index in [1.807, 2.05) is 24.0 Å². The maximum Gasteiger partial charge on any atom is 0.232 e. The van der Waals surface area contributed by atoms with Crippen LogP contribution < -0.4 is 18.9 Å². The zero-order chi connectivity index (χ0) is 23.3. The molecule has 8 nitrogen and oxygen atoms in total. The van der Waals surface area contributed by atoms with Crippen LogP contribution in [-0.2, 0) is 16.4 Å². The minimum absolute atomic E-state index is 0.0982. The number of rotatable bonds is 4. The summed E-state index contributed by atoms with van der Waals surface area (Å²) in [5, 5.41) is 0. The van der Waals surface area contributed by atoms with Crippen LogP contribution in [0.25, 0.3) is 6.08 Å². The number of benzene rings is 2. The monoisotopic (exact) mass is 471 g/mol. The van der Waals surface area contributed by atoms with Gasteiger partial charge in [-0.2, -0.15) is 0 Å². The highest BCUT2D eigenvalue weighted by molar-refractivity contribution is 7.91. The number of nitrogens with zero attached hydrogens (tertiary/aromatic N) is 1. The van der Waals surface area contributed by atoms with Gasteiger partial charge in [-0.3, -0.25) is 9.69 Å². The molecule has 0 amide bonds. The molecule has 0 radical (unpaired) electrons. The molecule has 2 aromatic rings. The quantitative estimate of drug-likeness (QED) is 0.629. The Balaban J connectivity index is 1.48. The fraction of sp³-hybridized carbons (Fsp3) is 0.375. The summed E-state index contributed by atoms with van der Waals surface area (Å²) in [6.07, 6.45) is 2.26. The van der Waals surface area contributed by atoms with E-state index in [9.17, 15) is 13.2 Å². The van der Waals surface area contributed by atoms with E-state index < -0.39 is 9.84 Å². The third-order valence-corrected chi connectivity index (χ3v) is 8.13. The van der Waals surface area contributed by atoms with Crippen molar-refractivity contribution in [1.82, 2.24) is 4.90 Å².